The van der Waals surface area contributed by atoms with E-state index in [0.717, 1.165) is 41.7 Å². The van der Waals surface area contributed by atoms with Crippen LogP contribution in [0.5, 0.6) is 5.75 Å². The molecule has 0 saturated heterocycles. The van der Waals surface area contributed by atoms with Crippen LogP contribution in [0.4, 0.5) is 0 Å². The van der Waals surface area contributed by atoms with Gasteiger partial charge in [0.25, 0.3) is 0 Å². The molecular weight excluding hydrogens is 448 g/mol. The SMILES string of the molecule is Cc1cc(OCCO)c(C(C)(C)C)c(SC2=C(O)CC(C3CCCC3)(C3CCCC3)OC2=O)c1. The predicted molar refractivity (Wildman–Crippen MR) is 135 cm³/mol. The third-order valence-electron chi connectivity index (χ3n) is 7.79. The van der Waals surface area contributed by atoms with Gasteiger partial charge in [0.05, 0.1) is 6.61 Å². The first-order valence-corrected chi connectivity index (χ1v) is 13.7. The number of esters is 1. The van der Waals surface area contributed by atoms with Crippen molar-refractivity contribution in [3.05, 3.63) is 33.9 Å². The van der Waals surface area contributed by atoms with Gasteiger partial charge in [-0.3, -0.25) is 0 Å². The van der Waals surface area contributed by atoms with Crippen molar-refractivity contribution in [2.45, 2.75) is 101 Å². The van der Waals surface area contributed by atoms with Crippen LogP contribution >= 0.6 is 11.8 Å². The molecule has 0 amide bonds. The summed E-state index contributed by atoms with van der Waals surface area (Å²) >= 11 is 1.29. The number of thioether (sulfide) groups is 1. The fraction of sp³-hybridized carbons (Fsp3) is 0.679. The van der Waals surface area contributed by atoms with E-state index in [0.29, 0.717) is 28.9 Å². The Labute approximate surface area is 208 Å². The van der Waals surface area contributed by atoms with Gasteiger partial charge >= 0.3 is 5.97 Å². The number of aliphatic hydroxyl groups is 2. The minimum absolute atomic E-state index is 0.0668. The van der Waals surface area contributed by atoms with Crippen molar-refractivity contribution in [3.8, 4) is 5.75 Å². The Balaban J connectivity index is 1.71. The second-order valence-corrected chi connectivity index (χ2v) is 12.4. The van der Waals surface area contributed by atoms with E-state index in [4.69, 9.17) is 9.47 Å². The molecule has 0 atom stereocenters. The molecule has 4 rings (SSSR count). The summed E-state index contributed by atoms with van der Waals surface area (Å²) in [6.07, 6.45) is 9.47. The van der Waals surface area contributed by atoms with Crippen LogP contribution in [-0.2, 0) is 14.9 Å². The maximum Gasteiger partial charge on any atom is 0.349 e. The molecule has 2 aliphatic carbocycles. The van der Waals surface area contributed by atoms with Gasteiger partial charge in [0.1, 0.15) is 28.6 Å². The van der Waals surface area contributed by atoms with Gasteiger partial charge in [-0.2, -0.15) is 0 Å². The van der Waals surface area contributed by atoms with Crippen LogP contribution in [-0.4, -0.2) is 35.0 Å². The lowest BCUT2D eigenvalue weighted by Gasteiger charge is -2.45. The van der Waals surface area contributed by atoms with Crippen molar-refractivity contribution in [1.82, 2.24) is 0 Å². The topological polar surface area (TPSA) is 76.0 Å². The molecule has 0 bridgehead atoms. The molecule has 188 valence electrons. The molecule has 1 aliphatic heterocycles. The van der Waals surface area contributed by atoms with Crippen LogP contribution in [0.1, 0.15) is 89.7 Å². The summed E-state index contributed by atoms with van der Waals surface area (Å²) < 4.78 is 12.3. The highest BCUT2D eigenvalue weighted by atomic mass is 32.2. The monoisotopic (exact) mass is 488 g/mol. The molecule has 6 heteroatoms. The Morgan fingerprint density at radius 3 is 2.18 bits per heavy atom. The second-order valence-electron chi connectivity index (χ2n) is 11.3. The molecule has 0 radical (unpaired) electrons. The first-order chi connectivity index (χ1) is 16.2. The normalized spacial score (nSPS) is 21.9. The largest absolute Gasteiger partial charge is 0.511 e. The summed E-state index contributed by atoms with van der Waals surface area (Å²) in [5, 5.41) is 20.6. The van der Waals surface area contributed by atoms with Gasteiger partial charge in [-0.1, -0.05) is 58.2 Å². The van der Waals surface area contributed by atoms with Gasteiger partial charge < -0.3 is 19.7 Å². The lowest BCUT2D eigenvalue weighted by Crippen LogP contribution is -2.50. The van der Waals surface area contributed by atoms with Gasteiger partial charge in [0, 0.05) is 16.9 Å². The number of benzene rings is 1. The predicted octanol–water partition coefficient (Wildman–Crippen LogP) is 6.59. The molecule has 5 nitrogen and oxygen atoms in total. The van der Waals surface area contributed by atoms with E-state index in [2.05, 4.69) is 20.8 Å². The molecule has 2 fully saturated rings. The number of ether oxygens (including phenoxy) is 2. The number of cyclic esters (lactones) is 1. The maximum absolute atomic E-state index is 13.5. The summed E-state index contributed by atoms with van der Waals surface area (Å²) in [5.74, 6) is 1.19. The lowest BCUT2D eigenvalue weighted by atomic mass is 9.71. The van der Waals surface area contributed by atoms with Crippen LogP contribution in [0.2, 0.25) is 0 Å². The minimum atomic E-state index is -0.549. The van der Waals surface area contributed by atoms with E-state index in [1.165, 1.54) is 37.4 Å². The molecule has 1 heterocycles. The summed E-state index contributed by atoms with van der Waals surface area (Å²) in [6, 6.07) is 4.01. The number of carbonyl (C=O) groups excluding carboxylic acids is 1. The van der Waals surface area contributed by atoms with Crippen molar-refractivity contribution in [3.63, 3.8) is 0 Å². The van der Waals surface area contributed by atoms with Crippen LogP contribution in [0.25, 0.3) is 0 Å². The number of hydrogen-bond acceptors (Lipinski definition) is 6. The van der Waals surface area contributed by atoms with Gasteiger partial charge in [-0.15, -0.1) is 0 Å². The standard InChI is InChI=1S/C28H40O5S/c1-18-15-22(32-14-13-29)24(27(2,3)4)23(16-18)34-25-21(30)17-28(33-26(25)31,19-9-5-6-10-19)20-11-7-8-12-20/h15-16,19-20,29-30H,5-14,17H2,1-4H3. The smallest absolute Gasteiger partial charge is 0.349 e. The molecule has 1 aromatic rings. The average Bonchev–Trinajstić information content (AvgIpc) is 3.48. The van der Waals surface area contributed by atoms with Crippen LogP contribution in [0.3, 0.4) is 0 Å². The maximum atomic E-state index is 13.5. The Kier molecular flexibility index (Phi) is 7.58. The highest BCUT2D eigenvalue weighted by Crippen LogP contribution is 2.53. The highest BCUT2D eigenvalue weighted by Gasteiger charge is 2.53. The zero-order chi connectivity index (χ0) is 24.5. The molecule has 0 unspecified atom stereocenters. The number of aliphatic hydroxyl groups excluding tert-OH is 2. The summed E-state index contributed by atoms with van der Waals surface area (Å²) in [6.45, 7) is 8.44. The van der Waals surface area contributed by atoms with E-state index in [-0.39, 0.29) is 30.4 Å². The summed E-state index contributed by atoms with van der Waals surface area (Å²) in [7, 11) is 0. The van der Waals surface area contributed by atoms with E-state index < -0.39 is 5.60 Å². The Hall–Kier alpha value is -1.66. The molecule has 2 saturated carbocycles. The van der Waals surface area contributed by atoms with Crippen molar-refractivity contribution >= 4 is 17.7 Å². The third-order valence-corrected chi connectivity index (χ3v) is 8.94. The second kappa shape index (κ2) is 10.1. The first-order valence-electron chi connectivity index (χ1n) is 12.9. The van der Waals surface area contributed by atoms with Gasteiger partial charge in [0.15, 0.2) is 0 Å². The number of aryl methyl sites for hydroxylation is 1. The molecule has 3 aliphatic rings. The molecular formula is C28H40O5S. The fourth-order valence-electron chi connectivity index (χ4n) is 6.35. The quantitative estimate of drug-likeness (QED) is 0.422. The Morgan fingerprint density at radius 1 is 1.09 bits per heavy atom. The van der Waals surface area contributed by atoms with E-state index in [1.807, 2.05) is 19.1 Å². The molecule has 1 aromatic carbocycles. The molecule has 2 N–H and O–H groups in total. The first kappa shape index (κ1) is 25.4. The third kappa shape index (κ3) is 4.99. The number of hydrogen-bond donors (Lipinski definition) is 2. The molecule has 0 aromatic heterocycles. The van der Waals surface area contributed by atoms with Crippen molar-refractivity contribution in [2.24, 2.45) is 11.8 Å². The zero-order valence-electron chi connectivity index (χ0n) is 21.1. The summed E-state index contributed by atoms with van der Waals surface area (Å²) in [5.41, 5.74) is 1.16. The Bertz CT molecular complexity index is 917. The van der Waals surface area contributed by atoms with Crippen LogP contribution in [0, 0.1) is 18.8 Å². The summed E-state index contributed by atoms with van der Waals surface area (Å²) in [4.78, 5) is 14.7. The molecule has 34 heavy (non-hydrogen) atoms. The van der Waals surface area contributed by atoms with Gasteiger partial charge in [-0.05, 0) is 67.6 Å². The van der Waals surface area contributed by atoms with Gasteiger partial charge in [0.2, 0.25) is 0 Å². The lowest BCUT2D eigenvalue weighted by molar-refractivity contribution is -0.174. The van der Waals surface area contributed by atoms with Crippen molar-refractivity contribution in [2.75, 3.05) is 13.2 Å². The minimum Gasteiger partial charge on any atom is -0.511 e. The number of carbonyl (C=O) groups is 1. The fourth-order valence-corrected chi connectivity index (χ4v) is 7.64. The van der Waals surface area contributed by atoms with Crippen molar-refractivity contribution in [1.29, 1.82) is 0 Å². The van der Waals surface area contributed by atoms with Gasteiger partial charge in [-0.25, -0.2) is 4.79 Å². The van der Waals surface area contributed by atoms with E-state index >= 15 is 0 Å². The number of rotatable bonds is 7. The molecule has 0 spiro atoms. The van der Waals surface area contributed by atoms with E-state index in [9.17, 15) is 15.0 Å². The average molecular weight is 489 g/mol. The highest BCUT2D eigenvalue weighted by molar-refractivity contribution is 8.04. The van der Waals surface area contributed by atoms with Crippen molar-refractivity contribution < 1.29 is 24.5 Å². The van der Waals surface area contributed by atoms with Crippen LogP contribution in [0.15, 0.2) is 27.7 Å². The Morgan fingerprint density at radius 2 is 1.68 bits per heavy atom. The van der Waals surface area contributed by atoms with Crippen LogP contribution < -0.4 is 4.74 Å². The van der Waals surface area contributed by atoms with E-state index in [1.54, 1.807) is 0 Å². The zero-order valence-corrected chi connectivity index (χ0v) is 21.9.